The first kappa shape index (κ1) is 14.5. The second kappa shape index (κ2) is 4.92. The molecule has 0 saturated heterocycles. The number of sulfonamides is 1. The maximum atomic E-state index is 12.1. The van der Waals surface area contributed by atoms with Gasteiger partial charge in [-0.25, -0.2) is 17.9 Å². The third-order valence-corrected chi connectivity index (χ3v) is 4.46. The number of hydrogen-bond donors (Lipinski definition) is 2. The lowest BCUT2D eigenvalue weighted by atomic mass is 10.1. The molecule has 2 aromatic rings. The Labute approximate surface area is 116 Å². The van der Waals surface area contributed by atoms with E-state index in [-0.39, 0.29) is 16.7 Å². The van der Waals surface area contributed by atoms with Gasteiger partial charge in [-0.2, -0.15) is 0 Å². The quantitative estimate of drug-likeness (QED) is 0.901. The van der Waals surface area contributed by atoms with E-state index >= 15 is 0 Å². The lowest BCUT2D eigenvalue weighted by molar-refractivity contribution is 0.0664. The van der Waals surface area contributed by atoms with E-state index in [1.165, 1.54) is 18.2 Å². The minimum absolute atomic E-state index is 0.0829. The van der Waals surface area contributed by atoms with Gasteiger partial charge in [-0.3, -0.25) is 0 Å². The number of nitrogens with one attached hydrogen (secondary N) is 1. The van der Waals surface area contributed by atoms with E-state index in [9.17, 15) is 13.2 Å². The summed E-state index contributed by atoms with van der Waals surface area (Å²) < 4.78 is 31.8. The molecule has 0 aliphatic heterocycles. The monoisotopic (exact) mass is 297 g/mol. The van der Waals surface area contributed by atoms with Gasteiger partial charge < -0.3 is 9.52 Å². The summed E-state index contributed by atoms with van der Waals surface area (Å²) in [4.78, 5) is 11.1. The van der Waals surface area contributed by atoms with E-state index in [0.29, 0.717) is 16.5 Å². The molecule has 2 N–H and O–H groups in total. The van der Waals surface area contributed by atoms with E-state index in [4.69, 9.17) is 9.52 Å². The zero-order valence-electron chi connectivity index (χ0n) is 11.3. The van der Waals surface area contributed by atoms with Crippen LogP contribution in [0.2, 0.25) is 0 Å². The summed E-state index contributed by atoms with van der Waals surface area (Å²) in [5.74, 6) is -1.35. The van der Waals surface area contributed by atoms with E-state index in [1.807, 2.05) is 0 Å². The largest absolute Gasteiger partial charge is 0.475 e. The zero-order valence-corrected chi connectivity index (χ0v) is 12.1. The van der Waals surface area contributed by atoms with Gasteiger partial charge in [0.2, 0.25) is 15.8 Å². The van der Waals surface area contributed by atoms with E-state index in [2.05, 4.69) is 4.72 Å². The fourth-order valence-corrected chi connectivity index (χ4v) is 3.23. The highest BCUT2D eigenvalue weighted by atomic mass is 32.2. The van der Waals surface area contributed by atoms with Gasteiger partial charge in [-0.1, -0.05) is 0 Å². The van der Waals surface area contributed by atoms with Crippen molar-refractivity contribution in [3.8, 4) is 0 Å². The van der Waals surface area contributed by atoms with Gasteiger partial charge in [0.1, 0.15) is 5.58 Å². The van der Waals surface area contributed by atoms with Gasteiger partial charge >= 0.3 is 5.97 Å². The molecule has 7 heteroatoms. The first-order chi connectivity index (χ1) is 9.22. The molecule has 6 nitrogen and oxygen atoms in total. The summed E-state index contributed by atoms with van der Waals surface area (Å²) in [6.45, 7) is 5.03. The first-order valence-corrected chi connectivity index (χ1v) is 7.49. The van der Waals surface area contributed by atoms with Gasteiger partial charge in [-0.05, 0) is 39.0 Å². The van der Waals surface area contributed by atoms with Crippen molar-refractivity contribution in [2.24, 2.45) is 0 Å². The average molecular weight is 297 g/mol. The molecule has 20 heavy (non-hydrogen) atoms. The number of fused-ring (bicyclic) bond motifs is 1. The fraction of sp³-hybridized carbons (Fsp3) is 0.308. The molecule has 0 radical (unpaired) electrons. The maximum Gasteiger partial charge on any atom is 0.372 e. The number of hydrogen-bond acceptors (Lipinski definition) is 4. The maximum absolute atomic E-state index is 12.1. The molecule has 1 aromatic carbocycles. The fourth-order valence-electron chi connectivity index (χ4n) is 1.95. The number of benzene rings is 1. The van der Waals surface area contributed by atoms with Gasteiger partial charge in [0.25, 0.3) is 0 Å². The lowest BCUT2D eigenvalue weighted by Gasteiger charge is -2.09. The Morgan fingerprint density at radius 3 is 2.55 bits per heavy atom. The Bertz CT molecular complexity index is 773. The van der Waals surface area contributed by atoms with Gasteiger partial charge in [-0.15, -0.1) is 0 Å². The number of carboxylic acids is 1. The molecular formula is C13H15NO5S. The second-order valence-corrected chi connectivity index (χ2v) is 6.51. The topological polar surface area (TPSA) is 96.6 Å². The van der Waals surface area contributed by atoms with E-state index in [1.54, 1.807) is 20.8 Å². The van der Waals surface area contributed by atoms with Crippen LogP contribution in [0.5, 0.6) is 0 Å². The molecule has 2 rings (SSSR count). The van der Waals surface area contributed by atoms with Crippen LogP contribution in [0, 0.1) is 6.92 Å². The first-order valence-electron chi connectivity index (χ1n) is 6.01. The van der Waals surface area contributed by atoms with Crippen LogP contribution in [-0.4, -0.2) is 25.5 Å². The second-order valence-electron chi connectivity index (χ2n) is 4.80. The average Bonchev–Trinajstić information content (AvgIpc) is 2.65. The van der Waals surface area contributed by atoms with Crippen LogP contribution in [0.1, 0.15) is 30.0 Å². The molecule has 0 atom stereocenters. The molecule has 0 saturated carbocycles. The third kappa shape index (κ3) is 2.54. The minimum Gasteiger partial charge on any atom is -0.475 e. The summed E-state index contributed by atoms with van der Waals surface area (Å²) in [7, 11) is -3.62. The molecule has 0 spiro atoms. The molecule has 1 heterocycles. The predicted molar refractivity (Wildman–Crippen MR) is 73.4 cm³/mol. The Hall–Kier alpha value is -1.86. The molecular weight excluding hydrogens is 282 g/mol. The molecule has 0 fully saturated rings. The Kier molecular flexibility index (Phi) is 3.58. The number of carbonyl (C=O) groups is 1. The summed E-state index contributed by atoms with van der Waals surface area (Å²) >= 11 is 0. The van der Waals surface area contributed by atoms with E-state index < -0.39 is 16.0 Å². The molecule has 0 aliphatic rings. The molecule has 0 aliphatic carbocycles. The van der Waals surface area contributed by atoms with Crippen LogP contribution in [0.4, 0.5) is 0 Å². The van der Waals surface area contributed by atoms with Crippen LogP contribution in [0.3, 0.4) is 0 Å². The number of aromatic carboxylic acids is 1. The van der Waals surface area contributed by atoms with Crippen LogP contribution in [0.15, 0.2) is 27.5 Å². The van der Waals surface area contributed by atoms with Crippen molar-refractivity contribution >= 4 is 27.0 Å². The van der Waals surface area contributed by atoms with Crippen molar-refractivity contribution in [2.75, 3.05) is 0 Å². The minimum atomic E-state index is -3.62. The molecule has 1 aromatic heterocycles. The summed E-state index contributed by atoms with van der Waals surface area (Å²) in [6, 6.07) is 4.05. The summed E-state index contributed by atoms with van der Waals surface area (Å²) in [5.41, 5.74) is 0.762. The Morgan fingerprint density at radius 2 is 2.00 bits per heavy atom. The van der Waals surface area contributed by atoms with Crippen molar-refractivity contribution in [3.63, 3.8) is 0 Å². The van der Waals surface area contributed by atoms with Crippen molar-refractivity contribution in [3.05, 3.63) is 29.5 Å². The Morgan fingerprint density at radius 1 is 1.35 bits per heavy atom. The molecule has 0 bridgehead atoms. The number of rotatable bonds is 4. The lowest BCUT2D eigenvalue weighted by Crippen LogP contribution is -2.30. The van der Waals surface area contributed by atoms with Gasteiger partial charge in [0.15, 0.2) is 0 Å². The van der Waals surface area contributed by atoms with Crippen LogP contribution >= 0.6 is 0 Å². The SMILES string of the molecule is Cc1c(C(=O)O)oc2ccc(S(=O)(=O)NC(C)C)cc12. The number of aryl methyl sites for hydroxylation is 1. The highest BCUT2D eigenvalue weighted by Gasteiger charge is 2.20. The summed E-state index contributed by atoms with van der Waals surface area (Å²) in [6.07, 6.45) is 0. The normalized spacial score (nSPS) is 12.2. The smallest absolute Gasteiger partial charge is 0.372 e. The van der Waals surface area contributed by atoms with Crippen LogP contribution in [0.25, 0.3) is 11.0 Å². The zero-order chi connectivity index (χ0) is 15.1. The van der Waals surface area contributed by atoms with Crippen molar-refractivity contribution in [2.45, 2.75) is 31.7 Å². The predicted octanol–water partition coefficient (Wildman–Crippen LogP) is 2.13. The highest BCUT2D eigenvalue weighted by Crippen LogP contribution is 2.27. The summed E-state index contributed by atoms with van der Waals surface area (Å²) in [5, 5.41) is 9.47. The number of carboxylic acid groups (broad SMARTS) is 1. The molecule has 0 unspecified atom stereocenters. The highest BCUT2D eigenvalue weighted by molar-refractivity contribution is 7.89. The van der Waals surface area contributed by atoms with Gasteiger partial charge in [0.05, 0.1) is 4.90 Å². The van der Waals surface area contributed by atoms with E-state index in [0.717, 1.165) is 0 Å². The Balaban J connectivity index is 2.60. The third-order valence-electron chi connectivity index (χ3n) is 2.80. The van der Waals surface area contributed by atoms with Crippen LogP contribution in [-0.2, 0) is 10.0 Å². The molecule has 108 valence electrons. The van der Waals surface area contributed by atoms with Crippen molar-refractivity contribution < 1.29 is 22.7 Å². The van der Waals surface area contributed by atoms with Crippen molar-refractivity contribution in [1.29, 1.82) is 0 Å². The standard InChI is InChI=1S/C13H15NO5S/c1-7(2)14-20(17,18)9-4-5-11-10(6-9)8(3)12(19-11)13(15)16/h4-7,14H,1-3H3,(H,15,16). The van der Waals surface area contributed by atoms with Crippen molar-refractivity contribution in [1.82, 2.24) is 4.72 Å². The molecule has 0 amide bonds. The number of furan rings is 1. The van der Waals surface area contributed by atoms with Gasteiger partial charge in [0, 0.05) is 17.0 Å². The van der Waals surface area contributed by atoms with Crippen LogP contribution < -0.4 is 4.72 Å².